The standard InChI is InChI=1S/C15H18O2/c1-15(2,3)13-7-6-10-8-12(14(16)17)5-4-11(10)9-13/h4-8,13H,9H2,1-3H3,(H,16,17). The second-order valence-corrected chi connectivity index (χ2v) is 5.75. The topological polar surface area (TPSA) is 37.3 Å². The summed E-state index contributed by atoms with van der Waals surface area (Å²) in [5.41, 5.74) is 2.91. The van der Waals surface area contributed by atoms with Crippen LogP contribution in [0.3, 0.4) is 0 Å². The van der Waals surface area contributed by atoms with E-state index >= 15 is 0 Å². The SMILES string of the molecule is CC(C)(C)C1C=Cc2cc(C(=O)O)ccc2C1. The van der Waals surface area contributed by atoms with E-state index in [1.54, 1.807) is 12.1 Å². The summed E-state index contributed by atoms with van der Waals surface area (Å²) in [5.74, 6) is -0.343. The molecule has 0 heterocycles. The highest BCUT2D eigenvalue weighted by Crippen LogP contribution is 2.35. The monoisotopic (exact) mass is 230 g/mol. The fourth-order valence-electron chi connectivity index (χ4n) is 2.19. The maximum absolute atomic E-state index is 10.9. The van der Waals surface area contributed by atoms with Crippen LogP contribution in [0.1, 0.15) is 42.3 Å². The van der Waals surface area contributed by atoms with Crippen molar-refractivity contribution in [1.82, 2.24) is 0 Å². The molecule has 0 fully saturated rings. The molecule has 2 rings (SSSR count). The number of carboxylic acid groups (broad SMARTS) is 1. The van der Waals surface area contributed by atoms with Gasteiger partial charge in [0.1, 0.15) is 0 Å². The highest BCUT2D eigenvalue weighted by Gasteiger charge is 2.25. The molecule has 0 radical (unpaired) electrons. The van der Waals surface area contributed by atoms with Gasteiger partial charge >= 0.3 is 5.97 Å². The van der Waals surface area contributed by atoms with Gasteiger partial charge in [0, 0.05) is 0 Å². The molecule has 1 N–H and O–H groups in total. The van der Waals surface area contributed by atoms with Crippen LogP contribution in [0.15, 0.2) is 24.3 Å². The Morgan fingerprint density at radius 3 is 2.65 bits per heavy atom. The van der Waals surface area contributed by atoms with Gasteiger partial charge in [-0.1, -0.05) is 39.0 Å². The van der Waals surface area contributed by atoms with Gasteiger partial charge in [-0.3, -0.25) is 0 Å². The minimum absolute atomic E-state index is 0.250. The van der Waals surface area contributed by atoms with Crippen molar-refractivity contribution in [2.24, 2.45) is 11.3 Å². The predicted molar refractivity (Wildman–Crippen MR) is 69.1 cm³/mol. The van der Waals surface area contributed by atoms with E-state index in [1.807, 2.05) is 6.07 Å². The lowest BCUT2D eigenvalue weighted by atomic mass is 9.74. The van der Waals surface area contributed by atoms with Gasteiger partial charge in [0.25, 0.3) is 0 Å². The first-order valence-electron chi connectivity index (χ1n) is 5.92. The highest BCUT2D eigenvalue weighted by atomic mass is 16.4. The zero-order chi connectivity index (χ0) is 12.6. The molecule has 0 saturated carbocycles. The molecule has 0 aromatic heterocycles. The third-order valence-corrected chi connectivity index (χ3v) is 3.45. The highest BCUT2D eigenvalue weighted by molar-refractivity contribution is 5.88. The van der Waals surface area contributed by atoms with E-state index in [1.165, 1.54) is 5.56 Å². The van der Waals surface area contributed by atoms with Crippen molar-refractivity contribution < 1.29 is 9.90 Å². The Kier molecular flexibility index (Phi) is 2.82. The average Bonchev–Trinajstić information content (AvgIpc) is 2.26. The summed E-state index contributed by atoms with van der Waals surface area (Å²) in [5, 5.41) is 8.94. The molecule has 0 bridgehead atoms. The zero-order valence-electron chi connectivity index (χ0n) is 10.5. The molecule has 0 aliphatic heterocycles. The average molecular weight is 230 g/mol. The Morgan fingerprint density at radius 2 is 2.06 bits per heavy atom. The van der Waals surface area contributed by atoms with Gasteiger partial charge < -0.3 is 5.11 Å². The van der Waals surface area contributed by atoms with Crippen LogP contribution in [0.25, 0.3) is 6.08 Å². The molecular weight excluding hydrogens is 212 g/mol. The van der Waals surface area contributed by atoms with Crippen LogP contribution in [0, 0.1) is 11.3 Å². The number of benzene rings is 1. The van der Waals surface area contributed by atoms with Gasteiger partial charge in [-0.25, -0.2) is 4.79 Å². The van der Waals surface area contributed by atoms with Crippen LogP contribution in [0.2, 0.25) is 0 Å². The van der Waals surface area contributed by atoms with Gasteiger partial charge in [-0.15, -0.1) is 0 Å². The third-order valence-electron chi connectivity index (χ3n) is 3.45. The maximum atomic E-state index is 10.9. The van der Waals surface area contributed by atoms with E-state index in [-0.39, 0.29) is 5.41 Å². The number of aromatic carboxylic acids is 1. The van der Waals surface area contributed by atoms with Gasteiger partial charge in [0.15, 0.2) is 0 Å². The van der Waals surface area contributed by atoms with Gasteiger partial charge in [0.05, 0.1) is 5.56 Å². The largest absolute Gasteiger partial charge is 0.478 e. The van der Waals surface area contributed by atoms with Crippen molar-refractivity contribution in [2.45, 2.75) is 27.2 Å². The smallest absolute Gasteiger partial charge is 0.335 e. The van der Waals surface area contributed by atoms with E-state index in [9.17, 15) is 4.79 Å². The molecule has 0 amide bonds. The molecule has 17 heavy (non-hydrogen) atoms. The van der Waals surface area contributed by atoms with E-state index in [0.717, 1.165) is 12.0 Å². The minimum atomic E-state index is -0.862. The zero-order valence-corrected chi connectivity index (χ0v) is 10.5. The summed E-state index contributed by atoms with van der Waals surface area (Å²) in [4.78, 5) is 10.9. The Hall–Kier alpha value is -1.57. The lowest BCUT2D eigenvalue weighted by Crippen LogP contribution is -2.22. The second-order valence-electron chi connectivity index (χ2n) is 5.75. The van der Waals surface area contributed by atoms with Gasteiger partial charge in [-0.05, 0) is 41.0 Å². The van der Waals surface area contributed by atoms with E-state index in [2.05, 4.69) is 32.9 Å². The first-order valence-corrected chi connectivity index (χ1v) is 5.92. The fourth-order valence-corrected chi connectivity index (χ4v) is 2.19. The Morgan fingerprint density at radius 1 is 1.35 bits per heavy atom. The molecule has 1 unspecified atom stereocenters. The minimum Gasteiger partial charge on any atom is -0.478 e. The summed E-state index contributed by atoms with van der Waals surface area (Å²) >= 11 is 0. The Balaban J connectivity index is 2.33. The molecule has 1 aliphatic rings. The molecule has 2 nitrogen and oxygen atoms in total. The lowest BCUT2D eigenvalue weighted by molar-refractivity contribution is 0.0697. The maximum Gasteiger partial charge on any atom is 0.335 e. The number of fused-ring (bicyclic) bond motifs is 1. The van der Waals surface area contributed by atoms with Crippen LogP contribution in [-0.4, -0.2) is 11.1 Å². The van der Waals surface area contributed by atoms with Crippen LogP contribution in [-0.2, 0) is 6.42 Å². The number of rotatable bonds is 1. The number of allylic oxidation sites excluding steroid dienone is 1. The molecule has 1 aromatic carbocycles. The van der Waals surface area contributed by atoms with Gasteiger partial charge in [-0.2, -0.15) is 0 Å². The van der Waals surface area contributed by atoms with Crippen molar-refractivity contribution in [3.8, 4) is 0 Å². The number of carbonyl (C=O) groups is 1. The first kappa shape index (κ1) is 11.9. The number of carboxylic acids is 1. The Labute approximate surface area is 102 Å². The van der Waals surface area contributed by atoms with Crippen LogP contribution >= 0.6 is 0 Å². The quantitative estimate of drug-likeness (QED) is 0.800. The lowest BCUT2D eigenvalue weighted by Gasteiger charge is -2.31. The summed E-state index contributed by atoms with van der Waals surface area (Å²) in [6, 6.07) is 5.40. The molecule has 1 atom stereocenters. The van der Waals surface area contributed by atoms with E-state index in [0.29, 0.717) is 11.5 Å². The van der Waals surface area contributed by atoms with Crippen molar-refractivity contribution in [3.05, 3.63) is 41.0 Å². The molecule has 2 heteroatoms. The normalized spacial score (nSPS) is 18.9. The fraction of sp³-hybridized carbons (Fsp3) is 0.400. The molecular formula is C15H18O2. The number of hydrogen-bond acceptors (Lipinski definition) is 1. The van der Waals surface area contributed by atoms with Crippen molar-refractivity contribution in [3.63, 3.8) is 0 Å². The predicted octanol–water partition coefficient (Wildman–Crippen LogP) is 3.62. The summed E-state index contributed by atoms with van der Waals surface area (Å²) in [6.07, 6.45) is 5.25. The van der Waals surface area contributed by atoms with Crippen LogP contribution in [0.5, 0.6) is 0 Å². The van der Waals surface area contributed by atoms with Crippen molar-refractivity contribution >= 4 is 12.0 Å². The number of hydrogen-bond donors (Lipinski definition) is 1. The molecule has 0 spiro atoms. The second kappa shape index (κ2) is 4.02. The summed E-state index contributed by atoms with van der Waals surface area (Å²) in [7, 11) is 0. The molecule has 0 saturated heterocycles. The molecule has 90 valence electrons. The van der Waals surface area contributed by atoms with Crippen molar-refractivity contribution in [1.29, 1.82) is 0 Å². The first-order chi connectivity index (χ1) is 7.88. The summed E-state index contributed by atoms with van der Waals surface area (Å²) in [6.45, 7) is 6.70. The third kappa shape index (κ3) is 2.41. The van der Waals surface area contributed by atoms with Crippen molar-refractivity contribution in [2.75, 3.05) is 0 Å². The molecule has 1 aromatic rings. The van der Waals surface area contributed by atoms with E-state index in [4.69, 9.17) is 5.11 Å². The van der Waals surface area contributed by atoms with Gasteiger partial charge in [0.2, 0.25) is 0 Å². The van der Waals surface area contributed by atoms with E-state index < -0.39 is 5.97 Å². The molecule has 1 aliphatic carbocycles. The summed E-state index contributed by atoms with van der Waals surface area (Å²) < 4.78 is 0. The van der Waals surface area contributed by atoms with Crippen LogP contribution < -0.4 is 0 Å². The Bertz CT molecular complexity index is 478. The van der Waals surface area contributed by atoms with Crippen LogP contribution in [0.4, 0.5) is 0 Å².